The fraction of sp³-hybridized carbons (Fsp3) is 0.600. The quantitative estimate of drug-likeness (QED) is 0.246. The van der Waals surface area contributed by atoms with Crippen molar-refractivity contribution in [1.82, 2.24) is 28.6 Å². The highest BCUT2D eigenvalue weighted by molar-refractivity contribution is 7.67. The van der Waals surface area contributed by atoms with E-state index in [0.717, 1.165) is 16.3 Å². The summed E-state index contributed by atoms with van der Waals surface area (Å²) in [5.74, 6) is -0.351. The molecular formula is C30H48N6O4P2S2+2. The van der Waals surface area contributed by atoms with Crippen LogP contribution in [0.2, 0.25) is 0 Å². The van der Waals surface area contributed by atoms with E-state index in [1.807, 2.05) is 70.5 Å². The first-order valence-electron chi connectivity index (χ1n) is 14.9. The Morgan fingerprint density at radius 1 is 0.886 bits per heavy atom. The van der Waals surface area contributed by atoms with Crippen molar-refractivity contribution in [2.45, 2.75) is 46.9 Å². The van der Waals surface area contributed by atoms with Crippen LogP contribution in [0.5, 0.6) is 5.88 Å². The first-order valence-corrected chi connectivity index (χ1v) is 19.9. The fourth-order valence-corrected chi connectivity index (χ4v) is 14.8. The zero-order chi connectivity index (χ0) is 32.1. The van der Waals surface area contributed by atoms with Gasteiger partial charge in [0.1, 0.15) is 5.01 Å². The molecule has 14 heteroatoms. The van der Waals surface area contributed by atoms with Crippen LogP contribution in [0.3, 0.4) is 0 Å². The van der Waals surface area contributed by atoms with E-state index in [1.165, 1.54) is 16.2 Å². The first kappa shape index (κ1) is 34.2. The van der Waals surface area contributed by atoms with Gasteiger partial charge in [0.15, 0.2) is 5.01 Å². The predicted octanol–water partition coefficient (Wildman–Crippen LogP) is 6.44. The van der Waals surface area contributed by atoms with E-state index in [2.05, 4.69) is 46.8 Å². The van der Waals surface area contributed by atoms with Crippen molar-refractivity contribution >= 4 is 38.5 Å². The molecule has 1 atom stereocenters. The third-order valence-corrected chi connectivity index (χ3v) is 16.4. The van der Waals surface area contributed by atoms with Gasteiger partial charge >= 0.3 is 21.7 Å². The van der Waals surface area contributed by atoms with Crippen LogP contribution >= 0.6 is 38.5 Å². The van der Waals surface area contributed by atoms with Gasteiger partial charge in [-0.3, -0.25) is 0 Å². The lowest BCUT2D eigenvalue weighted by molar-refractivity contribution is 0.0859. The molecule has 2 aliphatic rings. The molecule has 242 valence electrons. The van der Waals surface area contributed by atoms with Crippen LogP contribution in [0.1, 0.15) is 49.1 Å². The Hall–Kier alpha value is -1.14. The number of aromatic nitrogens is 2. The first-order chi connectivity index (χ1) is 20.5. The van der Waals surface area contributed by atoms with Crippen molar-refractivity contribution < 1.29 is 19.0 Å². The molecule has 3 aromatic rings. The summed E-state index contributed by atoms with van der Waals surface area (Å²) in [6.45, 7) is 14.1. The van der Waals surface area contributed by atoms with Crippen molar-refractivity contribution in [2.24, 2.45) is 10.8 Å². The molecule has 0 spiro atoms. The van der Waals surface area contributed by atoms with Crippen LogP contribution in [-0.2, 0) is 10.9 Å². The Morgan fingerprint density at radius 2 is 1.45 bits per heavy atom. The second-order valence-electron chi connectivity index (χ2n) is 13.7. The van der Waals surface area contributed by atoms with Crippen LogP contribution in [-0.4, -0.2) is 99.4 Å². The smallest absolute Gasteiger partial charge is 0.437 e. The van der Waals surface area contributed by atoms with Crippen molar-refractivity contribution in [3.05, 3.63) is 51.3 Å². The second-order valence-corrected chi connectivity index (χ2v) is 21.4. The molecule has 10 nitrogen and oxygen atoms in total. The Bertz CT molecular complexity index is 1410. The minimum atomic E-state index is -3.22. The standard InChI is InChI=1S/C30H48N6O4P2S2/c1-22-24(31-26(44-22)23-13-11-10-12-14-23)15-16-39-25-17-43-27(32-25)28(41(37)33(6)18-29(2,3)19-34(41)7)40-42(38)35(8)20-30(4,5)21-36(42)9/h10-14,17,28,37-38H,15-16,18-21H2,1-9H3/q+2. The number of thiazole rings is 2. The summed E-state index contributed by atoms with van der Waals surface area (Å²) in [4.78, 5) is 35.6. The Morgan fingerprint density at radius 3 is 2.05 bits per heavy atom. The molecule has 2 aromatic heterocycles. The maximum absolute atomic E-state index is 12.6. The van der Waals surface area contributed by atoms with Gasteiger partial charge in [-0.2, -0.15) is 9.88 Å². The third-order valence-electron chi connectivity index (χ3n) is 8.29. The molecule has 0 aliphatic carbocycles. The van der Waals surface area contributed by atoms with Gasteiger partial charge < -0.3 is 4.74 Å². The number of hydrogen-bond donors (Lipinski definition) is 2. The second kappa shape index (κ2) is 12.8. The van der Waals surface area contributed by atoms with E-state index in [1.54, 1.807) is 11.3 Å². The van der Waals surface area contributed by atoms with Crippen LogP contribution in [0.4, 0.5) is 0 Å². The van der Waals surface area contributed by atoms with E-state index >= 15 is 0 Å². The number of benzene rings is 1. The van der Waals surface area contributed by atoms with Crippen LogP contribution < -0.4 is 4.74 Å². The average Bonchev–Trinajstić information content (AvgIpc) is 3.55. The molecule has 1 aromatic carbocycles. The van der Waals surface area contributed by atoms with Gasteiger partial charge in [-0.1, -0.05) is 58.0 Å². The van der Waals surface area contributed by atoms with Crippen molar-refractivity contribution in [3.63, 3.8) is 0 Å². The number of hydrogen-bond acceptors (Lipinski definition) is 12. The van der Waals surface area contributed by atoms with Gasteiger partial charge in [-0.25, -0.2) is 9.88 Å². The molecule has 1 unspecified atom stereocenters. The molecule has 2 saturated heterocycles. The lowest BCUT2D eigenvalue weighted by Crippen LogP contribution is -2.52. The number of aryl methyl sites for hydroxylation is 1. The van der Waals surface area contributed by atoms with Crippen molar-refractivity contribution in [2.75, 3.05) is 61.0 Å². The van der Waals surface area contributed by atoms with Crippen LogP contribution in [0, 0.1) is 17.8 Å². The van der Waals surface area contributed by atoms with E-state index < -0.39 is 21.7 Å². The van der Waals surface area contributed by atoms with Gasteiger partial charge in [0, 0.05) is 71.2 Å². The maximum atomic E-state index is 12.6. The Kier molecular flexibility index (Phi) is 9.96. The summed E-state index contributed by atoms with van der Waals surface area (Å²) in [6.07, 6.45) is 0.663. The van der Waals surface area contributed by atoms with E-state index in [4.69, 9.17) is 19.2 Å². The molecule has 5 rings (SSSR count). The van der Waals surface area contributed by atoms with Crippen LogP contribution in [0.25, 0.3) is 10.6 Å². The summed E-state index contributed by atoms with van der Waals surface area (Å²) in [6, 6.07) is 10.2. The van der Waals surface area contributed by atoms with Crippen LogP contribution in [0.15, 0.2) is 35.7 Å². The zero-order valence-corrected chi connectivity index (χ0v) is 30.8. The summed E-state index contributed by atoms with van der Waals surface area (Å²) in [7, 11) is 1.39. The van der Waals surface area contributed by atoms with E-state index in [-0.39, 0.29) is 10.8 Å². The minimum Gasteiger partial charge on any atom is -0.477 e. The topological polar surface area (TPSA) is 97.7 Å². The molecule has 0 amide bonds. The lowest BCUT2D eigenvalue weighted by atomic mass is 9.93. The summed E-state index contributed by atoms with van der Waals surface area (Å²) in [5, 5.41) is 3.48. The predicted molar refractivity (Wildman–Crippen MR) is 184 cm³/mol. The van der Waals surface area contributed by atoms with Gasteiger partial charge in [0.25, 0.3) is 0 Å². The van der Waals surface area contributed by atoms with Gasteiger partial charge in [-0.15, -0.1) is 45.9 Å². The molecule has 0 bridgehead atoms. The molecule has 2 aliphatic heterocycles. The van der Waals surface area contributed by atoms with Gasteiger partial charge in [-0.05, 0) is 17.8 Å². The van der Waals surface area contributed by atoms with E-state index in [0.29, 0.717) is 50.1 Å². The van der Waals surface area contributed by atoms with Gasteiger partial charge in [0.05, 0.1) is 17.7 Å². The molecule has 0 saturated carbocycles. The molecule has 2 N–H and O–H groups in total. The number of nitrogens with zero attached hydrogens (tertiary/aromatic N) is 6. The minimum absolute atomic E-state index is 0.0111. The Labute approximate surface area is 271 Å². The molecule has 2 fully saturated rings. The van der Waals surface area contributed by atoms with Crippen molar-refractivity contribution in [1.29, 1.82) is 0 Å². The summed E-state index contributed by atoms with van der Waals surface area (Å²) < 4.78 is 20.8. The number of rotatable bonds is 9. The normalized spacial score (nSPS) is 23.1. The van der Waals surface area contributed by atoms with Crippen molar-refractivity contribution in [3.8, 4) is 16.5 Å². The van der Waals surface area contributed by atoms with Gasteiger partial charge in [0.2, 0.25) is 5.88 Å². The summed E-state index contributed by atoms with van der Waals surface area (Å²) >= 11 is 3.10. The van der Waals surface area contributed by atoms with E-state index in [9.17, 15) is 9.79 Å². The Balaban J connectivity index is 1.37. The molecule has 0 radical (unpaired) electrons. The highest BCUT2D eigenvalue weighted by Gasteiger charge is 2.68. The SMILES string of the molecule is Cc1sc(-c2ccccc2)nc1CCOc1csc(C(O[P+]2(O)N(C)CC(C)(C)CN2C)[P+]2(O)N(C)CC(C)(C)CN2C)n1. The highest BCUT2D eigenvalue weighted by Crippen LogP contribution is 2.79. The fourth-order valence-electron chi connectivity index (χ4n) is 6.47. The maximum Gasteiger partial charge on any atom is 0.437 e. The molecule has 44 heavy (non-hydrogen) atoms. The molecular weight excluding hydrogens is 634 g/mol. The monoisotopic (exact) mass is 682 g/mol. The number of ether oxygens (including phenoxy) is 1. The lowest BCUT2D eigenvalue weighted by Gasteiger charge is -2.48. The largest absolute Gasteiger partial charge is 0.477 e. The molecule has 4 heterocycles. The zero-order valence-electron chi connectivity index (χ0n) is 27.4. The average molecular weight is 683 g/mol. The third kappa shape index (κ3) is 6.92. The highest BCUT2D eigenvalue weighted by atomic mass is 32.1. The summed E-state index contributed by atoms with van der Waals surface area (Å²) in [5.41, 5.74) is 2.12.